The number of aliphatic imine (C=N–C) groups is 1. The van der Waals surface area contributed by atoms with Crippen molar-refractivity contribution in [3.05, 3.63) is 77.5 Å². The van der Waals surface area contributed by atoms with E-state index in [1.165, 1.54) is 5.56 Å². The summed E-state index contributed by atoms with van der Waals surface area (Å²) in [6.45, 7) is 3.44. The van der Waals surface area contributed by atoms with Crippen molar-refractivity contribution in [2.75, 3.05) is 6.54 Å². The number of hydrogen-bond donors (Lipinski definition) is 3. The number of nitrogens with zero attached hydrogens (tertiary/aromatic N) is 3. The van der Waals surface area contributed by atoms with E-state index in [4.69, 9.17) is 21.7 Å². The van der Waals surface area contributed by atoms with Crippen LogP contribution in [0.25, 0.3) is 11.3 Å². The zero-order chi connectivity index (χ0) is 22.9. The minimum atomic E-state index is -0.496. The molecule has 0 saturated heterocycles. The second-order valence-electron chi connectivity index (χ2n) is 7.81. The lowest BCUT2D eigenvalue weighted by Crippen LogP contribution is -2.44. The average molecular weight is 435 g/mol. The Morgan fingerprint density at radius 3 is 2.44 bits per heavy atom. The molecule has 0 aliphatic rings. The number of hydrogen-bond acceptors (Lipinski definition) is 5. The van der Waals surface area contributed by atoms with Crippen LogP contribution in [0.2, 0.25) is 0 Å². The van der Waals surface area contributed by atoms with Crippen molar-refractivity contribution in [2.45, 2.75) is 38.9 Å². The molecule has 0 saturated carbocycles. The van der Waals surface area contributed by atoms with Gasteiger partial charge in [-0.25, -0.2) is 0 Å². The van der Waals surface area contributed by atoms with Crippen LogP contribution < -0.4 is 17.2 Å². The maximum atomic E-state index is 12.4. The molecule has 6 N–H and O–H groups in total. The number of nitrogens with two attached hydrogens (primary N) is 3. The summed E-state index contributed by atoms with van der Waals surface area (Å²) in [5.41, 5.74) is 20.5. The monoisotopic (exact) mass is 434 g/mol. The number of aryl methyl sites for hydroxylation is 1. The van der Waals surface area contributed by atoms with Crippen molar-refractivity contribution in [3.8, 4) is 11.3 Å². The Labute approximate surface area is 188 Å². The molecule has 8 heteroatoms. The van der Waals surface area contributed by atoms with Crippen molar-refractivity contribution in [2.24, 2.45) is 22.2 Å². The van der Waals surface area contributed by atoms with Crippen molar-refractivity contribution in [1.82, 2.24) is 10.1 Å². The first-order chi connectivity index (χ1) is 15.4. The number of aromatic nitrogens is 1. The molecule has 0 fully saturated rings. The Bertz CT molecular complexity index is 1030. The summed E-state index contributed by atoms with van der Waals surface area (Å²) in [7, 11) is 0. The SMILES string of the molecule is Cc1ccc(-c2cc(CN(Cc3ccccc3)C(CCCN=C(N)N)C(N)=O)no2)cc1. The molecule has 0 spiro atoms. The Morgan fingerprint density at radius 2 is 1.78 bits per heavy atom. The highest BCUT2D eigenvalue weighted by Crippen LogP contribution is 2.23. The molecule has 0 bridgehead atoms. The largest absolute Gasteiger partial charge is 0.370 e. The minimum Gasteiger partial charge on any atom is -0.370 e. The summed E-state index contributed by atoms with van der Waals surface area (Å²) in [4.78, 5) is 18.4. The van der Waals surface area contributed by atoms with Gasteiger partial charge in [-0.2, -0.15) is 0 Å². The Morgan fingerprint density at radius 1 is 1.06 bits per heavy atom. The summed E-state index contributed by atoms with van der Waals surface area (Å²) in [5, 5.41) is 4.23. The third-order valence-corrected chi connectivity index (χ3v) is 5.19. The first-order valence-corrected chi connectivity index (χ1v) is 10.6. The fraction of sp³-hybridized carbons (Fsp3) is 0.292. The highest BCUT2D eigenvalue weighted by molar-refractivity contribution is 5.79. The zero-order valence-corrected chi connectivity index (χ0v) is 18.3. The molecule has 8 nitrogen and oxygen atoms in total. The van der Waals surface area contributed by atoms with Crippen molar-refractivity contribution in [1.29, 1.82) is 0 Å². The van der Waals surface area contributed by atoms with E-state index < -0.39 is 11.9 Å². The maximum Gasteiger partial charge on any atom is 0.234 e. The van der Waals surface area contributed by atoms with Crippen molar-refractivity contribution >= 4 is 11.9 Å². The van der Waals surface area contributed by atoms with Gasteiger partial charge in [0.15, 0.2) is 11.7 Å². The van der Waals surface area contributed by atoms with E-state index in [1.54, 1.807) is 0 Å². The smallest absolute Gasteiger partial charge is 0.234 e. The number of rotatable bonds is 11. The topological polar surface area (TPSA) is 137 Å². The molecule has 1 amide bonds. The molecule has 1 heterocycles. The van der Waals surface area contributed by atoms with E-state index in [0.717, 1.165) is 16.8 Å². The average Bonchev–Trinajstić information content (AvgIpc) is 3.22. The number of guanidine groups is 1. The van der Waals surface area contributed by atoms with Crippen LogP contribution >= 0.6 is 0 Å². The normalized spacial score (nSPS) is 11.9. The third-order valence-electron chi connectivity index (χ3n) is 5.19. The van der Waals surface area contributed by atoms with Crippen LogP contribution in [-0.2, 0) is 17.9 Å². The second-order valence-corrected chi connectivity index (χ2v) is 7.81. The van der Waals surface area contributed by atoms with Crippen LogP contribution in [0, 0.1) is 6.92 Å². The molecule has 32 heavy (non-hydrogen) atoms. The van der Waals surface area contributed by atoms with Crippen LogP contribution in [0.5, 0.6) is 0 Å². The molecule has 3 rings (SSSR count). The summed E-state index contributed by atoms with van der Waals surface area (Å²) in [6, 6.07) is 19.4. The summed E-state index contributed by atoms with van der Waals surface area (Å²) in [5.74, 6) is 0.323. The molecular formula is C24H30N6O2. The van der Waals surface area contributed by atoms with E-state index in [-0.39, 0.29) is 5.96 Å². The molecule has 0 radical (unpaired) electrons. The number of benzene rings is 2. The van der Waals surface area contributed by atoms with Crippen molar-refractivity contribution < 1.29 is 9.32 Å². The molecule has 0 aliphatic carbocycles. The van der Waals surface area contributed by atoms with Gasteiger partial charge >= 0.3 is 0 Å². The minimum absolute atomic E-state index is 0.0352. The molecule has 2 aromatic carbocycles. The van der Waals surface area contributed by atoms with Crippen LogP contribution in [0.15, 0.2) is 70.2 Å². The van der Waals surface area contributed by atoms with Crippen LogP contribution in [0.4, 0.5) is 0 Å². The first-order valence-electron chi connectivity index (χ1n) is 10.6. The van der Waals surface area contributed by atoms with E-state index >= 15 is 0 Å². The van der Waals surface area contributed by atoms with Crippen LogP contribution in [-0.4, -0.2) is 34.5 Å². The van der Waals surface area contributed by atoms with Crippen LogP contribution in [0.3, 0.4) is 0 Å². The van der Waals surface area contributed by atoms with Gasteiger partial charge in [-0.1, -0.05) is 65.3 Å². The lowest BCUT2D eigenvalue weighted by atomic mass is 10.1. The number of primary amides is 1. The molecule has 1 aromatic heterocycles. The zero-order valence-electron chi connectivity index (χ0n) is 18.3. The maximum absolute atomic E-state index is 12.4. The highest BCUT2D eigenvalue weighted by atomic mass is 16.5. The molecule has 1 unspecified atom stereocenters. The number of amides is 1. The predicted molar refractivity (Wildman–Crippen MR) is 125 cm³/mol. The Hall–Kier alpha value is -3.65. The standard InChI is InChI=1S/C24H30N6O2/c1-17-9-11-19(12-10-17)22-14-20(29-32-22)16-30(15-18-6-3-2-4-7-18)21(23(25)31)8-5-13-28-24(26)27/h2-4,6-7,9-12,14,21H,5,8,13,15-16H2,1H3,(H2,25,31)(H4,26,27,28). The molecule has 3 aromatic rings. The van der Waals surface area contributed by atoms with Gasteiger partial charge in [0.05, 0.1) is 11.7 Å². The number of carbonyl (C=O) groups excluding carboxylic acids is 1. The molecule has 168 valence electrons. The fourth-order valence-corrected chi connectivity index (χ4v) is 3.54. The van der Waals surface area contributed by atoms with E-state index in [2.05, 4.69) is 10.1 Å². The van der Waals surface area contributed by atoms with E-state index in [1.807, 2.05) is 72.5 Å². The van der Waals surface area contributed by atoms with Gasteiger partial charge in [0.1, 0.15) is 0 Å². The predicted octanol–water partition coefficient (Wildman–Crippen LogP) is 2.56. The molecule has 0 aliphatic heterocycles. The molecular weight excluding hydrogens is 404 g/mol. The van der Waals surface area contributed by atoms with Gasteiger partial charge in [-0.15, -0.1) is 0 Å². The van der Waals surface area contributed by atoms with Gasteiger partial charge < -0.3 is 21.7 Å². The summed E-state index contributed by atoms with van der Waals surface area (Å²) in [6.07, 6.45) is 1.16. The van der Waals surface area contributed by atoms with E-state index in [0.29, 0.717) is 38.2 Å². The van der Waals surface area contributed by atoms with Gasteiger partial charge in [-0.05, 0) is 25.3 Å². The third kappa shape index (κ3) is 6.68. The summed E-state index contributed by atoms with van der Waals surface area (Å²) >= 11 is 0. The van der Waals surface area contributed by atoms with Crippen LogP contribution in [0.1, 0.15) is 29.7 Å². The quantitative estimate of drug-likeness (QED) is 0.241. The first kappa shape index (κ1) is 23.0. The van der Waals surface area contributed by atoms with Gasteiger partial charge in [0, 0.05) is 31.3 Å². The fourth-order valence-electron chi connectivity index (χ4n) is 3.54. The second kappa shape index (κ2) is 11.1. The number of carbonyl (C=O) groups is 1. The Balaban J connectivity index is 1.79. The van der Waals surface area contributed by atoms with Gasteiger partial charge in [0.25, 0.3) is 0 Å². The van der Waals surface area contributed by atoms with Gasteiger partial charge in [-0.3, -0.25) is 14.7 Å². The summed E-state index contributed by atoms with van der Waals surface area (Å²) < 4.78 is 5.57. The lowest BCUT2D eigenvalue weighted by Gasteiger charge is -2.29. The van der Waals surface area contributed by atoms with E-state index in [9.17, 15) is 4.79 Å². The highest BCUT2D eigenvalue weighted by Gasteiger charge is 2.25. The van der Waals surface area contributed by atoms with Gasteiger partial charge in [0.2, 0.25) is 5.91 Å². The molecule has 1 atom stereocenters. The Kier molecular flexibility index (Phi) is 7.99. The van der Waals surface area contributed by atoms with Crippen molar-refractivity contribution in [3.63, 3.8) is 0 Å². The lowest BCUT2D eigenvalue weighted by molar-refractivity contribution is -0.124.